The van der Waals surface area contributed by atoms with Gasteiger partial charge in [0.1, 0.15) is 0 Å². The molecule has 0 bridgehead atoms. The molecule has 3 rings (SSSR count). The molecule has 7 nitrogen and oxygen atoms in total. The topological polar surface area (TPSA) is 87.3 Å². The Morgan fingerprint density at radius 3 is 2.92 bits per heavy atom. The van der Waals surface area contributed by atoms with E-state index in [0.29, 0.717) is 24.5 Å². The smallest absolute Gasteiger partial charge is 0.290 e. The summed E-state index contributed by atoms with van der Waals surface area (Å²) >= 11 is 0. The minimum absolute atomic E-state index is 0.0127. The van der Waals surface area contributed by atoms with Gasteiger partial charge in [-0.2, -0.15) is 0 Å². The second kappa shape index (κ2) is 7.94. The summed E-state index contributed by atoms with van der Waals surface area (Å²) in [6.07, 6.45) is 4.87. The lowest BCUT2D eigenvalue weighted by Crippen LogP contribution is -2.49. The van der Waals surface area contributed by atoms with E-state index in [1.165, 1.54) is 6.20 Å². The zero-order valence-corrected chi connectivity index (χ0v) is 14.2. The van der Waals surface area contributed by atoms with Crippen molar-refractivity contribution in [2.45, 2.75) is 25.5 Å². The Kier molecular flexibility index (Phi) is 5.45. The van der Waals surface area contributed by atoms with Crippen molar-refractivity contribution < 1.29 is 9.53 Å². The van der Waals surface area contributed by atoms with Gasteiger partial charge in [0.15, 0.2) is 5.82 Å². The predicted octanol–water partition coefficient (Wildman–Crippen LogP) is 1.32. The molecule has 2 heterocycles. The predicted molar refractivity (Wildman–Crippen MR) is 94.7 cm³/mol. The van der Waals surface area contributed by atoms with Crippen molar-refractivity contribution in [3.05, 3.63) is 58.1 Å². The van der Waals surface area contributed by atoms with Crippen LogP contribution in [0.4, 0.5) is 5.82 Å². The molecule has 1 saturated heterocycles. The van der Waals surface area contributed by atoms with Gasteiger partial charge < -0.3 is 19.9 Å². The highest BCUT2D eigenvalue weighted by atomic mass is 16.5. The zero-order chi connectivity index (χ0) is 17.6. The number of hydrogen-bond acceptors (Lipinski definition) is 5. The molecule has 132 valence electrons. The summed E-state index contributed by atoms with van der Waals surface area (Å²) in [5.74, 6) is 0.302. The van der Waals surface area contributed by atoms with Crippen molar-refractivity contribution in [2.24, 2.45) is 0 Å². The first kappa shape index (κ1) is 17.2. The highest BCUT2D eigenvalue weighted by Crippen LogP contribution is 2.15. The Morgan fingerprint density at radius 2 is 2.20 bits per heavy atom. The number of ether oxygens (including phenoxy) is 1. The van der Waals surface area contributed by atoms with Crippen LogP contribution >= 0.6 is 0 Å². The Morgan fingerprint density at radius 1 is 1.40 bits per heavy atom. The number of anilines is 1. The maximum absolute atomic E-state index is 12.4. The van der Waals surface area contributed by atoms with E-state index < -0.39 is 0 Å². The van der Waals surface area contributed by atoms with Gasteiger partial charge in [0.25, 0.3) is 11.5 Å². The number of hydrogen-bond donors (Lipinski definition) is 2. The molecule has 2 aromatic rings. The summed E-state index contributed by atoms with van der Waals surface area (Å²) in [6.45, 7) is 1.86. The first-order valence-electron chi connectivity index (χ1n) is 8.35. The van der Waals surface area contributed by atoms with Crippen LogP contribution in [-0.2, 0) is 11.3 Å². The highest BCUT2D eigenvalue weighted by Gasteiger charge is 2.24. The van der Waals surface area contributed by atoms with Crippen molar-refractivity contribution in [2.75, 3.05) is 25.1 Å². The second-order valence-corrected chi connectivity index (χ2v) is 6.13. The number of piperidine rings is 1. The van der Waals surface area contributed by atoms with Crippen LogP contribution in [0.5, 0.6) is 0 Å². The summed E-state index contributed by atoms with van der Waals surface area (Å²) in [5, 5.41) is 3.05. The van der Waals surface area contributed by atoms with E-state index in [1.54, 1.807) is 25.4 Å². The van der Waals surface area contributed by atoms with Crippen molar-refractivity contribution in [3.63, 3.8) is 0 Å². The maximum atomic E-state index is 12.4. The Balaban J connectivity index is 1.63. The molecule has 7 heteroatoms. The molecule has 0 saturated carbocycles. The number of nitrogens with zero attached hydrogens (tertiary/aromatic N) is 2. The number of aromatic nitrogens is 2. The minimum atomic E-state index is -0.205. The Bertz CT molecular complexity index is 772. The fourth-order valence-electron chi connectivity index (χ4n) is 3.04. The third kappa shape index (κ3) is 4.24. The standard InChI is InChI=1S/C18H22N4O3/c1-25-12-13-4-6-14(7-5-13)17(23)21-15-3-2-10-22(11-15)16-18(24)20-9-8-19-16/h4-9,15H,2-3,10-12H2,1H3,(H,20,24)(H,21,23)/t15-/m0/s1. The first-order chi connectivity index (χ1) is 12.2. The van der Waals surface area contributed by atoms with Crippen molar-refractivity contribution >= 4 is 11.7 Å². The summed E-state index contributed by atoms with van der Waals surface area (Å²) in [4.78, 5) is 33.1. The number of carbonyl (C=O) groups excluding carboxylic acids is 1. The number of aromatic amines is 1. The van der Waals surface area contributed by atoms with E-state index in [2.05, 4.69) is 15.3 Å². The maximum Gasteiger partial charge on any atom is 0.290 e. The van der Waals surface area contributed by atoms with Crippen LogP contribution in [0.2, 0.25) is 0 Å². The van der Waals surface area contributed by atoms with E-state index in [1.807, 2.05) is 17.0 Å². The lowest BCUT2D eigenvalue weighted by molar-refractivity contribution is 0.0933. The fourth-order valence-corrected chi connectivity index (χ4v) is 3.04. The molecule has 0 unspecified atom stereocenters. The number of nitrogens with one attached hydrogen (secondary N) is 2. The molecule has 1 amide bonds. The van der Waals surface area contributed by atoms with Crippen LogP contribution in [0.25, 0.3) is 0 Å². The van der Waals surface area contributed by atoms with Gasteiger partial charge in [-0.15, -0.1) is 0 Å². The molecule has 25 heavy (non-hydrogen) atoms. The van der Waals surface area contributed by atoms with Gasteiger partial charge in [-0.05, 0) is 30.5 Å². The monoisotopic (exact) mass is 342 g/mol. The lowest BCUT2D eigenvalue weighted by atomic mass is 10.0. The number of methoxy groups -OCH3 is 1. The SMILES string of the molecule is COCc1ccc(C(=O)N[C@H]2CCCN(c3ncc[nH]c3=O)C2)cc1. The van der Waals surface area contributed by atoms with Crippen LogP contribution in [-0.4, -0.2) is 42.1 Å². The summed E-state index contributed by atoms with van der Waals surface area (Å²) in [6, 6.07) is 7.36. The molecular formula is C18H22N4O3. The average molecular weight is 342 g/mol. The Labute approximate surface area is 146 Å². The molecule has 0 spiro atoms. The van der Waals surface area contributed by atoms with Gasteiger partial charge in [0.2, 0.25) is 0 Å². The van der Waals surface area contributed by atoms with E-state index in [-0.39, 0.29) is 17.5 Å². The summed E-state index contributed by atoms with van der Waals surface area (Å²) in [5.41, 5.74) is 1.44. The van der Waals surface area contributed by atoms with Gasteiger partial charge in [-0.25, -0.2) is 4.98 Å². The van der Waals surface area contributed by atoms with Crippen molar-refractivity contribution in [1.29, 1.82) is 0 Å². The van der Waals surface area contributed by atoms with Gasteiger partial charge in [0, 0.05) is 44.2 Å². The zero-order valence-electron chi connectivity index (χ0n) is 14.2. The number of benzene rings is 1. The first-order valence-corrected chi connectivity index (χ1v) is 8.35. The number of H-pyrrole nitrogens is 1. The van der Waals surface area contributed by atoms with Gasteiger partial charge in [0.05, 0.1) is 6.61 Å². The molecule has 1 aliphatic rings. The largest absolute Gasteiger partial charge is 0.380 e. The minimum Gasteiger partial charge on any atom is -0.380 e. The van der Waals surface area contributed by atoms with Crippen molar-refractivity contribution in [1.82, 2.24) is 15.3 Å². The summed E-state index contributed by atoms with van der Waals surface area (Å²) in [7, 11) is 1.64. The lowest BCUT2D eigenvalue weighted by Gasteiger charge is -2.33. The molecule has 1 aromatic heterocycles. The van der Waals surface area contributed by atoms with E-state index in [4.69, 9.17) is 4.74 Å². The number of amides is 1. The number of carbonyl (C=O) groups is 1. The molecule has 1 aromatic carbocycles. The molecule has 2 N–H and O–H groups in total. The third-order valence-electron chi connectivity index (χ3n) is 4.27. The molecule has 1 atom stereocenters. The van der Waals surface area contributed by atoms with Gasteiger partial charge in [-0.3, -0.25) is 9.59 Å². The molecular weight excluding hydrogens is 320 g/mol. The average Bonchev–Trinajstić information content (AvgIpc) is 2.63. The van der Waals surface area contributed by atoms with Gasteiger partial charge in [-0.1, -0.05) is 12.1 Å². The fraction of sp³-hybridized carbons (Fsp3) is 0.389. The molecule has 0 radical (unpaired) electrons. The van der Waals surface area contributed by atoms with Crippen LogP contribution < -0.4 is 15.8 Å². The van der Waals surface area contributed by atoms with E-state index >= 15 is 0 Å². The van der Waals surface area contributed by atoms with E-state index in [0.717, 1.165) is 24.9 Å². The molecule has 1 fully saturated rings. The van der Waals surface area contributed by atoms with E-state index in [9.17, 15) is 9.59 Å². The van der Waals surface area contributed by atoms with Crippen molar-refractivity contribution in [3.8, 4) is 0 Å². The van der Waals surface area contributed by atoms with Gasteiger partial charge >= 0.3 is 0 Å². The summed E-state index contributed by atoms with van der Waals surface area (Å²) < 4.78 is 5.07. The molecule has 1 aliphatic heterocycles. The van der Waals surface area contributed by atoms with Crippen LogP contribution in [0.1, 0.15) is 28.8 Å². The number of rotatable bonds is 5. The van der Waals surface area contributed by atoms with Crippen LogP contribution in [0.15, 0.2) is 41.5 Å². The Hall–Kier alpha value is -2.67. The van der Waals surface area contributed by atoms with Crippen LogP contribution in [0, 0.1) is 0 Å². The second-order valence-electron chi connectivity index (χ2n) is 6.13. The normalized spacial score (nSPS) is 17.3. The third-order valence-corrected chi connectivity index (χ3v) is 4.27. The van der Waals surface area contributed by atoms with Crippen LogP contribution in [0.3, 0.4) is 0 Å². The quantitative estimate of drug-likeness (QED) is 0.856. The molecule has 0 aliphatic carbocycles. The highest BCUT2D eigenvalue weighted by molar-refractivity contribution is 5.94.